The third-order valence-corrected chi connectivity index (χ3v) is 2.12. The standard InChI is InChI=1S/C13H17NO2/c1-3-8-14-13(15)10-16-12-7-5-6-11(4-2)9-12/h3,5-7,9H,1,4,8,10H2,2H3,(H,14,15). The Kier molecular flexibility index (Phi) is 5.12. The van der Waals surface area contributed by atoms with Gasteiger partial charge in [-0.15, -0.1) is 6.58 Å². The number of hydrogen-bond donors (Lipinski definition) is 1. The quantitative estimate of drug-likeness (QED) is 0.742. The summed E-state index contributed by atoms with van der Waals surface area (Å²) in [6, 6.07) is 7.75. The van der Waals surface area contributed by atoms with Gasteiger partial charge in [-0.05, 0) is 24.1 Å². The van der Waals surface area contributed by atoms with Crippen molar-refractivity contribution in [2.24, 2.45) is 0 Å². The molecule has 3 heteroatoms. The van der Waals surface area contributed by atoms with Crippen LogP contribution in [0.15, 0.2) is 36.9 Å². The van der Waals surface area contributed by atoms with Gasteiger partial charge in [-0.1, -0.05) is 25.1 Å². The lowest BCUT2D eigenvalue weighted by molar-refractivity contribution is -0.122. The summed E-state index contributed by atoms with van der Waals surface area (Å²) >= 11 is 0. The molecule has 16 heavy (non-hydrogen) atoms. The average Bonchev–Trinajstić information content (AvgIpc) is 2.34. The molecule has 3 nitrogen and oxygen atoms in total. The molecule has 0 aromatic heterocycles. The first kappa shape index (κ1) is 12.3. The average molecular weight is 219 g/mol. The smallest absolute Gasteiger partial charge is 0.258 e. The highest BCUT2D eigenvalue weighted by molar-refractivity contribution is 5.77. The lowest BCUT2D eigenvalue weighted by Gasteiger charge is -2.07. The summed E-state index contributed by atoms with van der Waals surface area (Å²) in [5.74, 6) is 0.593. The van der Waals surface area contributed by atoms with E-state index >= 15 is 0 Å². The van der Waals surface area contributed by atoms with E-state index in [9.17, 15) is 4.79 Å². The van der Waals surface area contributed by atoms with Gasteiger partial charge in [0.1, 0.15) is 5.75 Å². The predicted molar refractivity (Wildman–Crippen MR) is 64.5 cm³/mol. The van der Waals surface area contributed by atoms with Crippen LogP contribution < -0.4 is 10.1 Å². The largest absolute Gasteiger partial charge is 0.484 e. The second-order valence-electron chi connectivity index (χ2n) is 3.38. The minimum Gasteiger partial charge on any atom is -0.484 e. The zero-order chi connectivity index (χ0) is 11.8. The van der Waals surface area contributed by atoms with Crippen LogP contribution in [0.1, 0.15) is 12.5 Å². The number of amides is 1. The molecule has 86 valence electrons. The molecule has 1 amide bonds. The van der Waals surface area contributed by atoms with Crippen molar-refractivity contribution in [3.05, 3.63) is 42.5 Å². The van der Waals surface area contributed by atoms with Crippen LogP contribution >= 0.6 is 0 Å². The molecule has 0 spiro atoms. The summed E-state index contributed by atoms with van der Waals surface area (Å²) in [4.78, 5) is 11.2. The monoisotopic (exact) mass is 219 g/mol. The minimum absolute atomic E-state index is 0.0427. The Morgan fingerprint density at radius 3 is 3.06 bits per heavy atom. The Labute approximate surface area is 96.1 Å². The van der Waals surface area contributed by atoms with E-state index in [-0.39, 0.29) is 12.5 Å². The fraction of sp³-hybridized carbons (Fsp3) is 0.308. The summed E-state index contributed by atoms with van der Waals surface area (Å²) in [6.45, 7) is 6.11. The second kappa shape index (κ2) is 6.67. The number of carbonyl (C=O) groups excluding carboxylic acids is 1. The Balaban J connectivity index is 2.41. The van der Waals surface area contributed by atoms with Crippen molar-refractivity contribution in [3.63, 3.8) is 0 Å². The molecule has 0 aliphatic heterocycles. The topological polar surface area (TPSA) is 38.3 Å². The number of carbonyl (C=O) groups is 1. The van der Waals surface area contributed by atoms with Crippen molar-refractivity contribution in [1.29, 1.82) is 0 Å². The van der Waals surface area contributed by atoms with Crippen LogP contribution in [0.4, 0.5) is 0 Å². The molecular weight excluding hydrogens is 202 g/mol. The molecule has 1 aromatic carbocycles. The van der Waals surface area contributed by atoms with Crippen molar-refractivity contribution in [2.75, 3.05) is 13.2 Å². The maximum Gasteiger partial charge on any atom is 0.258 e. The van der Waals surface area contributed by atoms with Gasteiger partial charge < -0.3 is 10.1 Å². The van der Waals surface area contributed by atoms with E-state index < -0.39 is 0 Å². The minimum atomic E-state index is -0.137. The van der Waals surface area contributed by atoms with Crippen LogP contribution in [0.5, 0.6) is 5.75 Å². The number of rotatable bonds is 6. The number of benzene rings is 1. The molecule has 0 saturated carbocycles. The molecule has 0 atom stereocenters. The van der Waals surface area contributed by atoms with Crippen molar-refractivity contribution < 1.29 is 9.53 Å². The first-order valence-corrected chi connectivity index (χ1v) is 5.35. The van der Waals surface area contributed by atoms with E-state index in [1.165, 1.54) is 5.56 Å². The fourth-order valence-corrected chi connectivity index (χ4v) is 1.24. The SMILES string of the molecule is C=CCNC(=O)COc1cccc(CC)c1. The highest BCUT2D eigenvalue weighted by Crippen LogP contribution is 2.13. The molecule has 0 radical (unpaired) electrons. The van der Waals surface area contributed by atoms with Gasteiger partial charge >= 0.3 is 0 Å². The lowest BCUT2D eigenvalue weighted by Crippen LogP contribution is -2.28. The number of ether oxygens (including phenoxy) is 1. The number of hydrogen-bond acceptors (Lipinski definition) is 2. The molecule has 0 fully saturated rings. The van der Waals surface area contributed by atoms with E-state index in [1.54, 1.807) is 6.08 Å². The Morgan fingerprint density at radius 2 is 2.38 bits per heavy atom. The normalized spacial score (nSPS) is 9.56. The van der Waals surface area contributed by atoms with Crippen molar-refractivity contribution in [1.82, 2.24) is 5.32 Å². The van der Waals surface area contributed by atoms with Crippen LogP contribution in [-0.4, -0.2) is 19.1 Å². The first-order valence-electron chi connectivity index (χ1n) is 5.35. The Morgan fingerprint density at radius 1 is 1.56 bits per heavy atom. The van der Waals surface area contributed by atoms with E-state index in [2.05, 4.69) is 18.8 Å². The summed E-state index contributed by atoms with van der Waals surface area (Å²) in [7, 11) is 0. The van der Waals surface area contributed by atoms with E-state index in [0.29, 0.717) is 6.54 Å². The first-order chi connectivity index (χ1) is 7.76. The van der Waals surface area contributed by atoms with Crippen molar-refractivity contribution in [2.45, 2.75) is 13.3 Å². The molecule has 1 aromatic rings. The highest BCUT2D eigenvalue weighted by Gasteiger charge is 2.01. The van der Waals surface area contributed by atoms with Gasteiger partial charge in [0.2, 0.25) is 0 Å². The van der Waals surface area contributed by atoms with Crippen molar-refractivity contribution >= 4 is 5.91 Å². The number of aryl methyl sites for hydroxylation is 1. The van der Waals surface area contributed by atoms with Gasteiger partial charge in [-0.3, -0.25) is 4.79 Å². The maximum atomic E-state index is 11.2. The van der Waals surface area contributed by atoms with Crippen LogP contribution in [0.2, 0.25) is 0 Å². The third kappa shape index (κ3) is 4.17. The van der Waals surface area contributed by atoms with Crippen LogP contribution in [0, 0.1) is 0 Å². The zero-order valence-electron chi connectivity index (χ0n) is 9.53. The Hall–Kier alpha value is -1.77. The maximum absolute atomic E-state index is 11.2. The second-order valence-corrected chi connectivity index (χ2v) is 3.38. The Bertz CT molecular complexity index is 361. The summed E-state index contributed by atoms with van der Waals surface area (Å²) in [6.07, 6.45) is 2.59. The van der Waals surface area contributed by atoms with Gasteiger partial charge in [0.25, 0.3) is 5.91 Å². The molecule has 0 aliphatic rings. The summed E-state index contributed by atoms with van der Waals surface area (Å²) < 4.78 is 5.36. The highest BCUT2D eigenvalue weighted by atomic mass is 16.5. The lowest BCUT2D eigenvalue weighted by atomic mass is 10.2. The van der Waals surface area contributed by atoms with Crippen molar-refractivity contribution in [3.8, 4) is 5.75 Å². The summed E-state index contributed by atoms with van der Waals surface area (Å²) in [5.41, 5.74) is 1.20. The van der Waals surface area contributed by atoms with Gasteiger partial charge in [-0.2, -0.15) is 0 Å². The molecule has 0 heterocycles. The van der Waals surface area contributed by atoms with Gasteiger partial charge in [0, 0.05) is 6.54 Å². The van der Waals surface area contributed by atoms with Gasteiger partial charge in [0.05, 0.1) is 0 Å². The van der Waals surface area contributed by atoms with Gasteiger partial charge in [-0.25, -0.2) is 0 Å². The molecular formula is C13H17NO2. The van der Waals surface area contributed by atoms with Gasteiger partial charge in [0.15, 0.2) is 6.61 Å². The van der Waals surface area contributed by atoms with Crippen LogP contribution in [0.3, 0.4) is 0 Å². The van der Waals surface area contributed by atoms with E-state index in [4.69, 9.17) is 4.74 Å². The van der Waals surface area contributed by atoms with Crippen LogP contribution in [-0.2, 0) is 11.2 Å². The molecule has 0 aliphatic carbocycles. The third-order valence-electron chi connectivity index (χ3n) is 2.12. The van der Waals surface area contributed by atoms with Crippen LogP contribution in [0.25, 0.3) is 0 Å². The molecule has 0 unspecified atom stereocenters. The molecule has 1 N–H and O–H groups in total. The summed E-state index contributed by atoms with van der Waals surface area (Å²) in [5, 5.41) is 2.65. The molecule has 1 rings (SSSR count). The zero-order valence-corrected chi connectivity index (χ0v) is 9.53. The van der Waals surface area contributed by atoms with E-state index in [1.807, 2.05) is 24.3 Å². The van der Waals surface area contributed by atoms with E-state index in [0.717, 1.165) is 12.2 Å². The predicted octanol–water partition coefficient (Wildman–Crippen LogP) is 1.93. The number of nitrogens with one attached hydrogen (secondary N) is 1. The molecule has 0 saturated heterocycles. The fourth-order valence-electron chi connectivity index (χ4n) is 1.24. The molecule has 0 bridgehead atoms.